The summed E-state index contributed by atoms with van der Waals surface area (Å²) in [6, 6.07) is 5.80. The predicted molar refractivity (Wildman–Crippen MR) is 66.9 cm³/mol. The smallest absolute Gasteiger partial charge is 0.231 e. The van der Waals surface area contributed by atoms with E-state index < -0.39 is 0 Å². The van der Waals surface area contributed by atoms with Gasteiger partial charge < -0.3 is 10.6 Å². The van der Waals surface area contributed by atoms with Crippen LogP contribution in [-0.4, -0.2) is 21.7 Å². The molecule has 0 radical (unpaired) electrons. The fraction of sp³-hybridized carbons (Fsp3) is 0.182. The second kappa shape index (κ2) is 3.53. The zero-order valence-corrected chi connectivity index (χ0v) is 9.99. The molecule has 1 aliphatic heterocycles. The highest BCUT2D eigenvalue weighted by atomic mass is 32.1. The van der Waals surface area contributed by atoms with Crippen LogP contribution in [0.2, 0.25) is 0 Å². The van der Waals surface area contributed by atoms with Gasteiger partial charge in [-0.05, 0) is 17.7 Å². The Morgan fingerprint density at radius 3 is 2.94 bits per heavy atom. The molecule has 3 rings (SSSR count). The van der Waals surface area contributed by atoms with Crippen LogP contribution in [0.1, 0.15) is 5.56 Å². The lowest BCUT2D eigenvalue weighted by Crippen LogP contribution is -2.20. The summed E-state index contributed by atoms with van der Waals surface area (Å²) in [5.74, 6) is 0.550. The van der Waals surface area contributed by atoms with Gasteiger partial charge in [-0.25, -0.2) is 0 Å². The molecule has 0 spiro atoms. The number of carbonyl (C=O) groups excluding carboxylic acids is 1. The Hall–Kier alpha value is -1.95. The van der Waals surface area contributed by atoms with Crippen LogP contribution in [0.15, 0.2) is 18.2 Å². The van der Waals surface area contributed by atoms with Crippen molar-refractivity contribution < 1.29 is 4.79 Å². The standard InChI is InChI=1S/C11H10N4OS/c1-15-8-3-2-6(4-7(8)5-9(15)16)10-11(12)14-17-13-10/h2-4H,5H2,1H3,(H2,12,14). The molecular weight excluding hydrogens is 236 g/mol. The monoisotopic (exact) mass is 246 g/mol. The van der Waals surface area contributed by atoms with Crippen molar-refractivity contribution in [2.45, 2.75) is 6.42 Å². The van der Waals surface area contributed by atoms with Crippen LogP contribution in [0.5, 0.6) is 0 Å². The number of amides is 1. The summed E-state index contributed by atoms with van der Waals surface area (Å²) in [5.41, 5.74) is 9.32. The van der Waals surface area contributed by atoms with E-state index in [1.54, 1.807) is 11.9 Å². The van der Waals surface area contributed by atoms with Gasteiger partial charge in [0.1, 0.15) is 5.69 Å². The molecule has 1 amide bonds. The molecule has 1 aliphatic rings. The number of nitrogens with zero attached hydrogens (tertiary/aromatic N) is 3. The number of nitrogen functional groups attached to an aromatic ring is 1. The number of benzene rings is 1. The Balaban J connectivity index is 2.10. The third kappa shape index (κ3) is 1.49. The molecular formula is C11H10N4OS. The molecule has 17 heavy (non-hydrogen) atoms. The maximum Gasteiger partial charge on any atom is 0.231 e. The normalized spacial score (nSPS) is 14.2. The number of likely N-dealkylation sites (N-methyl/N-ethyl adjacent to an activating group) is 1. The molecule has 2 heterocycles. The Kier molecular flexibility index (Phi) is 2.12. The van der Waals surface area contributed by atoms with Crippen molar-refractivity contribution in [2.24, 2.45) is 0 Å². The van der Waals surface area contributed by atoms with Gasteiger partial charge >= 0.3 is 0 Å². The van der Waals surface area contributed by atoms with Crippen molar-refractivity contribution in [1.82, 2.24) is 8.75 Å². The van der Waals surface area contributed by atoms with E-state index in [2.05, 4.69) is 8.75 Å². The van der Waals surface area contributed by atoms with E-state index in [0.717, 1.165) is 28.5 Å². The van der Waals surface area contributed by atoms with Gasteiger partial charge in [-0.15, -0.1) is 0 Å². The molecule has 0 unspecified atom stereocenters. The summed E-state index contributed by atoms with van der Waals surface area (Å²) in [5, 5.41) is 0. The summed E-state index contributed by atoms with van der Waals surface area (Å²) in [7, 11) is 1.78. The van der Waals surface area contributed by atoms with Crippen molar-refractivity contribution in [3.05, 3.63) is 23.8 Å². The Labute approximate surface area is 102 Å². The average molecular weight is 246 g/mol. The van der Waals surface area contributed by atoms with Crippen LogP contribution in [-0.2, 0) is 11.2 Å². The maximum absolute atomic E-state index is 11.6. The van der Waals surface area contributed by atoms with Gasteiger partial charge in [-0.2, -0.15) is 8.75 Å². The molecule has 0 fully saturated rings. The minimum absolute atomic E-state index is 0.113. The fourth-order valence-electron chi connectivity index (χ4n) is 2.01. The topological polar surface area (TPSA) is 72.1 Å². The van der Waals surface area contributed by atoms with Crippen molar-refractivity contribution in [1.29, 1.82) is 0 Å². The summed E-state index contributed by atoms with van der Waals surface area (Å²) in [4.78, 5) is 13.2. The van der Waals surface area contributed by atoms with E-state index in [1.165, 1.54) is 0 Å². The van der Waals surface area contributed by atoms with Gasteiger partial charge in [-0.3, -0.25) is 4.79 Å². The largest absolute Gasteiger partial charge is 0.381 e. The Morgan fingerprint density at radius 2 is 2.24 bits per heavy atom. The molecule has 2 N–H and O–H groups in total. The SMILES string of the molecule is CN1C(=O)Cc2cc(-c3nsnc3N)ccc21. The summed E-state index contributed by atoms with van der Waals surface area (Å²) in [6.07, 6.45) is 0.442. The maximum atomic E-state index is 11.6. The van der Waals surface area contributed by atoms with Crippen molar-refractivity contribution >= 4 is 29.1 Å². The molecule has 0 atom stereocenters. The van der Waals surface area contributed by atoms with Crippen LogP contribution >= 0.6 is 11.7 Å². The minimum Gasteiger partial charge on any atom is -0.381 e. The third-order valence-electron chi connectivity index (χ3n) is 2.94. The van der Waals surface area contributed by atoms with Crippen molar-refractivity contribution in [3.63, 3.8) is 0 Å². The molecule has 0 saturated carbocycles. The van der Waals surface area contributed by atoms with Crippen LogP contribution in [0.25, 0.3) is 11.3 Å². The quantitative estimate of drug-likeness (QED) is 0.823. The van der Waals surface area contributed by atoms with Gasteiger partial charge in [0.2, 0.25) is 5.91 Å². The van der Waals surface area contributed by atoms with Crippen LogP contribution in [0.3, 0.4) is 0 Å². The van der Waals surface area contributed by atoms with E-state index in [9.17, 15) is 4.79 Å². The van der Waals surface area contributed by atoms with E-state index in [1.807, 2.05) is 18.2 Å². The van der Waals surface area contributed by atoms with Crippen LogP contribution < -0.4 is 10.6 Å². The predicted octanol–water partition coefficient (Wildman–Crippen LogP) is 1.31. The summed E-state index contributed by atoms with van der Waals surface area (Å²) >= 11 is 1.09. The van der Waals surface area contributed by atoms with Crippen molar-refractivity contribution in [2.75, 3.05) is 17.7 Å². The zero-order valence-electron chi connectivity index (χ0n) is 9.17. The molecule has 86 valence electrons. The number of carbonyl (C=O) groups is 1. The second-order valence-corrected chi connectivity index (χ2v) is 4.50. The third-order valence-corrected chi connectivity index (χ3v) is 3.49. The lowest BCUT2D eigenvalue weighted by atomic mass is 10.1. The highest BCUT2D eigenvalue weighted by molar-refractivity contribution is 6.99. The molecule has 2 aromatic rings. The molecule has 0 aliphatic carbocycles. The number of anilines is 2. The number of nitrogens with two attached hydrogens (primary N) is 1. The zero-order chi connectivity index (χ0) is 12.0. The summed E-state index contributed by atoms with van der Waals surface area (Å²) in [6.45, 7) is 0. The number of aromatic nitrogens is 2. The Bertz CT molecular complexity index is 607. The van der Waals surface area contributed by atoms with Gasteiger partial charge in [-0.1, -0.05) is 6.07 Å². The first kappa shape index (κ1) is 10.2. The van der Waals surface area contributed by atoms with Crippen LogP contribution in [0, 0.1) is 0 Å². The molecule has 0 saturated heterocycles. The van der Waals surface area contributed by atoms with Gasteiger partial charge in [0.15, 0.2) is 5.82 Å². The van der Waals surface area contributed by atoms with E-state index >= 15 is 0 Å². The highest BCUT2D eigenvalue weighted by Gasteiger charge is 2.24. The van der Waals surface area contributed by atoms with E-state index in [-0.39, 0.29) is 5.91 Å². The number of rotatable bonds is 1. The molecule has 1 aromatic heterocycles. The summed E-state index contributed by atoms with van der Waals surface area (Å²) < 4.78 is 8.10. The van der Waals surface area contributed by atoms with Gasteiger partial charge in [0.25, 0.3) is 0 Å². The van der Waals surface area contributed by atoms with Crippen LogP contribution in [0.4, 0.5) is 11.5 Å². The number of hydrogen-bond donors (Lipinski definition) is 1. The second-order valence-electron chi connectivity index (χ2n) is 3.97. The lowest BCUT2D eigenvalue weighted by Gasteiger charge is -2.09. The average Bonchev–Trinajstić information content (AvgIpc) is 2.84. The van der Waals surface area contributed by atoms with Gasteiger partial charge in [0.05, 0.1) is 18.1 Å². The fourth-order valence-corrected chi connectivity index (χ4v) is 2.51. The molecule has 5 nitrogen and oxygen atoms in total. The first-order valence-electron chi connectivity index (χ1n) is 5.14. The number of fused-ring (bicyclic) bond motifs is 1. The molecule has 0 bridgehead atoms. The molecule has 1 aromatic carbocycles. The minimum atomic E-state index is 0.113. The van der Waals surface area contributed by atoms with Gasteiger partial charge in [0, 0.05) is 18.3 Å². The Morgan fingerprint density at radius 1 is 1.41 bits per heavy atom. The van der Waals surface area contributed by atoms with E-state index in [4.69, 9.17) is 5.73 Å². The van der Waals surface area contributed by atoms with E-state index in [0.29, 0.717) is 17.9 Å². The lowest BCUT2D eigenvalue weighted by molar-refractivity contribution is -0.117. The first-order valence-corrected chi connectivity index (χ1v) is 5.88. The highest BCUT2D eigenvalue weighted by Crippen LogP contribution is 2.32. The molecule has 6 heteroatoms. The number of hydrogen-bond acceptors (Lipinski definition) is 5. The van der Waals surface area contributed by atoms with Crippen molar-refractivity contribution in [3.8, 4) is 11.3 Å². The first-order chi connectivity index (χ1) is 8.16.